The fourth-order valence-corrected chi connectivity index (χ4v) is 3.73. The van der Waals surface area contributed by atoms with Crippen LogP contribution in [0.4, 0.5) is 5.88 Å². The van der Waals surface area contributed by atoms with Crippen molar-refractivity contribution in [2.75, 3.05) is 4.72 Å². The smallest absolute Gasteiger partial charge is 0.264 e. The number of sulfonamides is 1. The van der Waals surface area contributed by atoms with Gasteiger partial charge in [-0.1, -0.05) is 47.5 Å². The van der Waals surface area contributed by atoms with E-state index in [2.05, 4.69) is 4.72 Å². The zero-order valence-corrected chi connectivity index (χ0v) is 14.7. The first kappa shape index (κ1) is 17.5. The van der Waals surface area contributed by atoms with Gasteiger partial charge in [-0.15, -0.1) is 0 Å². The lowest BCUT2D eigenvalue weighted by Crippen LogP contribution is -2.12. The molecule has 0 bridgehead atoms. The van der Waals surface area contributed by atoms with Crippen molar-refractivity contribution in [3.05, 3.63) is 58.6 Å². The molecule has 0 radical (unpaired) electrons. The van der Waals surface area contributed by atoms with Gasteiger partial charge in [0, 0.05) is 0 Å². The number of furan rings is 1. The molecule has 0 saturated heterocycles. The van der Waals surface area contributed by atoms with Crippen LogP contribution in [0.15, 0.2) is 57.8 Å². The molecule has 130 valence electrons. The van der Waals surface area contributed by atoms with Crippen LogP contribution in [0.1, 0.15) is 0 Å². The molecule has 0 amide bonds. The highest BCUT2D eigenvalue weighted by Gasteiger charge is 2.27. The maximum Gasteiger partial charge on any atom is 0.264 e. The van der Waals surface area contributed by atoms with E-state index < -0.39 is 27.4 Å². The van der Waals surface area contributed by atoms with Crippen LogP contribution >= 0.6 is 23.2 Å². The molecule has 3 N–H and O–H groups in total. The maximum atomic E-state index is 12.3. The van der Waals surface area contributed by atoms with Gasteiger partial charge in [-0.05, 0) is 24.3 Å². The van der Waals surface area contributed by atoms with E-state index in [1.165, 1.54) is 24.3 Å². The Labute approximate surface area is 153 Å². The molecule has 1 aromatic heterocycles. The Balaban J connectivity index is 2.06. The zero-order valence-electron chi connectivity index (χ0n) is 12.4. The summed E-state index contributed by atoms with van der Waals surface area (Å²) < 4.78 is 32.0. The zero-order chi connectivity index (χ0) is 18.2. The predicted octanol–water partition coefficient (Wildman–Crippen LogP) is 4.47. The molecule has 0 fully saturated rings. The molecule has 2 aromatic carbocycles. The van der Waals surface area contributed by atoms with E-state index in [4.69, 9.17) is 27.6 Å². The largest absolute Gasteiger partial charge is 0.502 e. The predicted molar refractivity (Wildman–Crippen MR) is 94.7 cm³/mol. The summed E-state index contributed by atoms with van der Waals surface area (Å²) in [7, 11) is -4.02. The van der Waals surface area contributed by atoms with Gasteiger partial charge in [-0.3, -0.25) is 0 Å². The topological polar surface area (TPSA) is 99.8 Å². The van der Waals surface area contributed by atoms with E-state index in [1.807, 2.05) is 0 Å². The van der Waals surface area contributed by atoms with Crippen LogP contribution in [0.25, 0.3) is 11.3 Å². The highest BCUT2D eigenvalue weighted by atomic mass is 35.5. The molecular weight excluding hydrogens is 389 g/mol. The van der Waals surface area contributed by atoms with Gasteiger partial charge in [-0.25, -0.2) is 13.1 Å². The number of rotatable bonds is 4. The number of benzene rings is 2. The standard InChI is InChI=1S/C16H11Cl2NO5S/c17-10-7-4-8-11(18)12(10)15-13(20)14(21)16(24-15)19-25(22,23)9-5-2-1-3-6-9/h1-8,19-21H. The van der Waals surface area contributed by atoms with Gasteiger partial charge in [0.1, 0.15) is 0 Å². The van der Waals surface area contributed by atoms with Crippen LogP contribution in [0.5, 0.6) is 11.5 Å². The van der Waals surface area contributed by atoms with Crippen molar-refractivity contribution in [3.8, 4) is 22.8 Å². The minimum atomic E-state index is -4.02. The summed E-state index contributed by atoms with van der Waals surface area (Å²) >= 11 is 12.1. The van der Waals surface area contributed by atoms with E-state index in [1.54, 1.807) is 24.3 Å². The molecule has 0 aliphatic heterocycles. The summed E-state index contributed by atoms with van der Waals surface area (Å²) in [4.78, 5) is -0.0392. The molecule has 0 unspecified atom stereocenters. The average Bonchev–Trinajstić information content (AvgIpc) is 2.84. The Kier molecular flexibility index (Phi) is 4.55. The van der Waals surface area contributed by atoms with Crippen molar-refractivity contribution in [2.45, 2.75) is 4.90 Å². The second-order valence-corrected chi connectivity index (χ2v) is 7.47. The Morgan fingerprint density at radius 3 is 2.08 bits per heavy atom. The van der Waals surface area contributed by atoms with Gasteiger partial charge < -0.3 is 14.6 Å². The molecular formula is C16H11Cl2NO5S. The van der Waals surface area contributed by atoms with Crippen LogP contribution in [0, 0.1) is 0 Å². The van der Waals surface area contributed by atoms with Gasteiger partial charge in [0.05, 0.1) is 20.5 Å². The van der Waals surface area contributed by atoms with Crippen LogP contribution in [0.2, 0.25) is 10.0 Å². The summed E-state index contributed by atoms with van der Waals surface area (Å²) in [5, 5.41) is 20.4. The van der Waals surface area contributed by atoms with Crippen LogP contribution in [-0.2, 0) is 10.0 Å². The van der Waals surface area contributed by atoms with Crippen LogP contribution in [-0.4, -0.2) is 18.6 Å². The molecule has 0 aliphatic carbocycles. The normalized spacial score (nSPS) is 11.4. The number of nitrogens with one attached hydrogen (secondary N) is 1. The maximum absolute atomic E-state index is 12.3. The van der Waals surface area contributed by atoms with Crippen molar-refractivity contribution in [3.63, 3.8) is 0 Å². The number of hydrogen-bond acceptors (Lipinski definition) is 5. The minimum Gasteiger partial charge on any atom is -0.502 e. The second kappa shape index (κ2) is 6.51. The van der Waals surface area contributed by atoms with Crippen molar-refractivity contribution in [1.82, 2.24) is 0 Å². The van der Waals surface area contributed by atoms with Crippen molar-refractivity contribution in [2.24, 2.45) is 0 Å². The summed E-state index contributed by atoms with van der Waals surface area (Å²) in [6, 6.07) is 12.1. The highest BCUT2D eigenvalue weighted by Crippen LogP contribution is 2.49. The molecule has 0 aliphatic rings. The third-order valence-electron chi connectivity index (χ3n) is 3.33. The molecule has 3 rings (SSSR count). The quantitative estimate of drug-likeness (QED) is 0.600. The molecule has 1 heterocycles. The number of anilines is 1. The minimum absolute atomic E-state index is 0.0392. The third kappa shape index (κ3) is 3.26. The van der Waals surface area contributed by atoms with Gasteiger partial charge in [0.15, 0.2) is 5.76 Å². The molecule has 9 heteroatoms. The SMILES string of the molecule is O=S(=O)(Nc1oc(-c2c(Cl)cccc2Cl)c(O)c1O)c1ccccc1. The highest BCUT2D eigenvalue weighted by molar-refractivity contribution is 7.92. The van der Waals surface area contributed by atoms with Crippen LogP contribution < -0.4 is 4.72 Å². The van der Waals surface area contributed by atoms with Gasteiger partial charge in [0.25, 0.3) is 15.9 Å². The van der Waals surface area contributed by atoms with Crippen LogP contribution in [0.3, 0.4) is 0 Å². The molecule has 0 atom stereocenters. The first-order valence-corrected chi connectivity index (χ1v) is 9.12. The lowest BCUT2D eigenvalue weighted by atomic mass is 10.1. The second-order valence-electron chi connectivity index (χ2n) is 4.97. The fourth-order valence-electron chi connectivity index (χ4n) is 2.15. The summed E-state index contributed by atoms with van der Waals surface area (Å²) in [5.74, 6) is -2.25. The lowest BCUT2D eigenvalue weighted by molar-refractivity contribution is 0.410. The Morgan fingerprint density at radius 2 is 1.48 bits per heavy atom. The van der Waals surface area contributed by atoms with E-state index in [0.717, 1.165) is 0 Å². The average molecular weight is 400 g/mol. The van der Waals surface area contributed by atoms with E-state index in [9.17, 15) is 18.6 Å². The van der Waals surface area contributed by atoms with E-state index in [-0.39, 0.29) is 26.3 Å². The summed E-state index contributed by atoms with van der Waals surface area (Å²) in [6.45, 7) is 0. The summed E-state index contributed by atoms with van der Waals surface area (Å²) in [5.41, 5.74) is 0.129. The molecule has 6 nitrogen and oxygen atoms in total. The van der Waals surface area contributed by atoms with Gasteiger partial charge >= 0.3 is 0 Å². The van der Waals surface area contributed by atoms with Gasteiger partial charge in [0.2, 0.25) is 11.5 Å². The first-order chi connectivity index (χ1) is 11.8. The molecule has 0 saturated carbocycles. The number of halogens is 2. The molecule has 25 heavy (non-hydrogen) atoms. The fraction of sp³-hybridized carbons (Fsp3) is 0. The van der Waals surface area contributed by atoms with Crippen molar-refractivity contribution < 1.29 is 23.0 Å². The number of aromatic hydroxyl groups is 2. The monoisotopic (exact) mass is 399 g/mol. The van der Waals surface area contributed by atoms with E-state index in [0.29, 0.717) is 0 Å². The molecule has 0 spiro atoms. The van der Waals surface area contributed by atoms with Gasteiger partial charge in [-0.2, -0.15) is 0 Å². The van der Waals surface area contributed by atoms with Crippen molar-refractivity contribution >= 4 is 39.1 Å². The first-order valence-electron chi connectivity index (χ1n) is 6.88. The Bertz CT molecular complexity index is 1010. The van der Waals surface area contributed by atoms with Crippen molar-refractivity contribution in [1.29, 1.82) is 0 Å². The Morgan fingerprint density at radius 1 is 0.880 bits per heavy atom. The Hall–Kier alpha value is -2.35. The third-order valence-corrected chi connectivity index (χ3v) is 5.31. The van der Waals surface area contributed by atoms with E-state index >= 15 is 0 Å². The summed E-state index contributed by atoms with van der Waals surface area (Å²) in [6.07, 6.45) is 0. The molecule has 3 aromatic rings. The number of hydrogen-bond donors (Lipinski definition) is 3. The lowest BCUT2D eigenvalue weighted by Gasteiger charge is -2.05.